The van der Waals surface area contributed by atoms with E-state index in [1.54, 1.807) is 11.3 Å². The van der Waals surface area contributed by atoms with Gasteiger partial charge in [0.05, 0.1) is 18.1 Å². The maximum absolute atomic E-state index is 8.92. The summed E-state index contributed by atoms with van der Waals surface area (Å²) in [5.41, 5.74) is 2.36. The van der Waals surface area contributed by atoms with Gasteiger partial charge in [-0.25, -0.2) is 0 Å². The molecular weight excluding hydrogens is 432 g/mol. The largest absolute Gasteiger partial charge is 0.494 e. The van der Waals surface area contributed by atoms with E-state index in [1.165, 1.54) is 5.56 Å². The number of fused-ring (bicyclic) bond motifs is 1. The number of hydrogen-bond donors (Lipinski definition) is 1. The van der Waals surface area contributed by atoms with Gasteiger partial charge in [-0.3, -0.25) is 0 Å². The summed E-state index contributed by atoms with van der Waals surface area (Å²) < 4.78 is 19.1. The summed E-state index contributed by atoms with van der Waals surface area (Å²) >= 11 is 1.72. The zero-order valence-electron chi connectivity index (χ0n) is 19.2. The summed E-state index contributed by atoms with van der Waals surface area (Å²) in [7, 11) is 0. The third kappa shape index (κ3) is 5.86. The Morgan fingerprint density at radius 1 is 0.788 bits per heavy atom. The molecule has 0 saturated heterocycles. The summed E-state index contributed by atoms with van der Waals surface area (Å²) in [4.78, 5) is 1.10. The summed E-state index contributed by atoms with van der Waals surface area (Å²) in [6.07, 6.45) is 2.77. The molecule has 1 heterocycles. The monoisotopic (exact) mass is 462 g/mol. The smallest absolute Gasteiger partial charge is 0.153 e. The average molecular weight is 463 g/mol. The number of aryl methyl sites for hydroxylation is 1. The minimum absolute atomic E-state index is 0.125. The molecule has 4 nitrogen and oxygen atoms in total. The number of benzene rings is 3. The minimum atomic E-state index is 0.125. The molecule has 0 aliphatic rings. The summed E-state index contributed by atoms with van der Waals surface area (Å²) in [5.74, 6) is 3.26. The first-order valence-corrected chi connectivity index (χ1v) is 12.3. The lowest BCUT2D eigenvalue weighted by Gasteiger charge is -2.10. The highest BCUT2D eigenvalue weighted by Crippen LogP contribution is 2.47. The molecule has 0 bridgehead atoms. The first-order valence-electron chi connectivity index (χ1n) is 11.5. The van der Waals surface area contributed by atoms with Gasteiger partial charge in [-0.05, 0) is 61.4 Å². The third-order valence-electron chi connectivity index (χ3n) is 5.31. The normalized spacial score (nSPS) is 11.0. The quantitative estimate of drug-likeness (QED) is 0.233. The van der Waals surface area contributed by atoms with Crippen molar-refractivity contribution in [2.75, 3.05) is 19.8 Å². The first kappa shape index (κ1) is 23.1. The van der Waals surface area contributed by atoms with Gasteiger partial charge < -0.3 is 19.3 Å². The Balaban J connectivity index is 1.65. The van der Waals surface area contributed by atoms with Crippen molar-refractivity contribution in [2.45, 2.75) is 33.1 Å². The lowest BCUT2D eigenvalue weighted by atomic mass is 10.1. The second-order valence-corrected chi connectivity index (χ2v) is 9.04. The second kappa shape index (κ2) is 11.2. The highest BCUT2D eigenvalue weighted by atomic mass is 32.1. The maximum atomic E-state index is 8.92. The first-order chi connectivity index (χ1) is 16.2. The Labute approximate surface area is 199 Å². The molecule has 33 heavy (non-hydrogen) atoms. The molecule has 1 aromatic heterocycles. The van der Waals surface area contributed by atoms with Gasteiger partial charge in [0.25, 0.3) is 0 Å². The van der Waals surface area contributed by atoms with E-state index in [0.717, 1.165) is 63.0 Å². The van der Waals surface area contributed by atoms with Crippen LogP contribution in [0.5, 0.6) is 23.0 Å². The molecule has 4 rings (SSSR count). The molecule has 5 heteroatoms. The fraction of sp³-hybridized carbons (Fsp3) is 0.286. The van der Waals surface area contributed by atoms with E-state index in [-0.39, 0.29) is 6.61 Å². The molecule has 0 aliphatic heterocycles. The molecule has 0 spiro atoms. The summed E-state index contributed by atoms with van der Waals surface area (Å²) in [5, 5.41) is 9.99. The zero-order chi connectivity index (χ0) is 23.0. The van der Waals surface area contributed by atoms with E-state index < -0.39 is 0 Å². The van der Waals surface area contributed by atoms with Crippen molar-refractivity contribution in [2.24, 2.45) is 0 Å². The van der Waals surface area contributed by atoms with Crippen LogP contribution in [0.3, 0.4) is 0 Å². The van der Waals surface area contributed by atoms with Gasteiger partial charge in [0, 0.05) is 23.1 Å². The van der Waals surface area contributed by atoms with E-state index in [9.17, 15) is 0 Å². The van der Waals surface area contributed by atoms with Crippen molar-refractivity contribution in [1.82, 2.24) is 0 Å². The number of rotatable bonds is 11. The van der Waals surface area contributed by atoms with Crippen molar-refractivity contribution < 1.29 is 19.3 Å². The topological polar surface area (TPSA) is 47.9 Å². The molecule has 0 unspecified atom stereocenters. The fourth-order valence-electron chi connectivity index (χ4n) is 3.45. The van der Waals surface area contributed by atoms with Crippen LogP contribution in [0, 0.1) is 6.92 Å². The van der Waals surface area contributed by atoms with Crippen molar-refractivity contribution in [3.63, 3.8) is 0 Å². The van der Waals surface area contributed by atoms with Crippen LogP contribution in [0.25, 0.3) is 20.5 Å². The Morgan fingerprint density at radius 3 is 2.18 bits per heavy atom. The van der Waals surface area contributed by atoms with Crippen LogP contribution in [-0.4, -0.2) is 24.9 Å². The zero-order valence-corrected chi connectivity index (χ0v) is 20.0. The van der Waals surface area contributed by atoms with E-state index >= 15 is 0 Å². The predicted octanol–water partition coefficient (Wildman–Crippen LogP) is 7.61. The second-order valence-electron chi connectivity index (χ2n) is 7.99. The molecule has 3 aromatic carbocycles. The van der Waals surface area contributed by atoms with Crippen LogP contribution in [-0.2, 0) is 0 Å². The Bertz CT molecular complexity index is 1160. The highest BCUT2D eigenvalue weighted by molar-refractivity contribution is 7.22. The van der Waals surface area contributed by atoms with Crippen molar-refractivity contribution in [3.05, 3.63) is 72.3 Å². The van der Waals surface area contributed by atoms with Gasteiger partial charge in [0.2, 0.25) is 0 Å². The number of aliphatic hydroxyl groups is 1. The van der Waals surface area contributed by atoms with E-state index in [4.69, 9.17) is 19.3 Å². The van der Waals surface area contributed by atoms with Crippen LogP contribution in [0.15, 0.2) is 66.7 Å². The van der Waals surface area contributed by atoms with Gasteiger partial charge in [0.15, 0.2) is 5.75 Å². The molecule has 0 amide bonds. The highest BCUT2D eigenvalue weighted by Gasteiger charge is 2.17. The van der Waals surface area contributed by atoms with Crippen LogP contribution in [0.1, 0.15) is 31.7 Å². The summed E-state index contributed by atoms with van der Waals surface area (Å²) in [6.45, 7) is 5.60. The molecule has 4 aromatic rings. The summed E-state index contributed by atoms with van der Waals surface area (Å²) in [6, 6.07) is 22.4. The van der Waals surface area contributed by atoms with Crippen molar-refractivity contribution in [3.8, 4) is 33.4 Å². The standard InChI is InChI=1S/C28H30O4S/c1-3-4-17-31-24-14-15-25-26(19-24)33-28(21-8-6-20(2)7-9-21)27(25)32-23-12-10-22(11-13-23)30-18-5-16-29/h6-15,19,29H,3-5,16-18H2,1-2H3. The van der Waals surface area contributed by atoms with Crippen molar-refractivity contribution in [1.29, 1.82) is 0 Å². The molecule has 0 saturated carbocycles. The van der Waals surface area contributed by atoms with Gasteiger partial charge >= 0.3 is 0 Å². The molecular formula is C28H30O4S. The third-order valence-corrected chi connectivity index (χ3v) is 6.49. The van der Waals surface area contributed by atoms with Crippen LogP contribution in [0.2, 0.25) is 0 Å². The number of aliphatic hydroxyl groups excluding tert-OH is 1. The van der Waals surface area contributed by atoms with E-state index in [1.807, 2.05) is 30.3 Å². The van der Waals surface area contributed by atoms with E-state index in [2.05, 4.69) is 50.2 Å². The molecule has 0 atom stereocenters. The Morgan fingerprint density at radius 2 is 1.45 bits per heavy atom. The van der Waals surface area contributed by atoms with Gasteiger partial charge in [-0.2, -0.15) is 0 Å². The average Bonchev–Trinajstić information content (AvgIpc) is 3.18. The lowest BCUT2D eigenvalue weighted by Crippen LogP contribution is -1.99. The number of hydrogen-bond acceptors (Lipinski definition) is 5. The van der Waals surface area contributed by atoms with E-state index in [0.29, 0.717) is 13.0 Å². The van der Waals surface area contributed by atoms with Crippen LogP contribution in [0.4, 0.5) is 0 Å². The molecule has 0 fully saturated rings. The molecule has 172 valence electrons. The van der Waals surface area contributed by atoms with Crippen LogP contribution < -0.4 is 14.2 Å². The predicted molar refractivity (Wildman–Crippen MR) is 136 cm³/mol. The lowest BCUT2D eigenvalue weighted by molar-refractivity contribution is 0.233. The number of thiophene rings is 1. The molecule has 0 aliphatic carbocycles. The van der Waals surface area contributed by atoms with Gasteiger partial charge in [-0.15, -0.1) is 11.3 Å². The minimum Gasteiger partial charge on any atom is -0.494 e. The van der Waals surface area contributed by atoms with Gasteiger partial charge in [0.1, 0.15) is 17.2 Å². The van der Waals surface area contributed by atoms with Crippen molar-refractivity contribution >= 4 is 21.4 Å². The fourth-order valence-corrected chi connectivity index (χ4v) is 4.61. The maximum Gasteiger partial charge on any atom is 0.153 e. The number of ether oxygens (including phenoxy) is 3. The number of unbranched alkanes of at least 4 members (excludes halogenated alkanes) is 1. The van der Waals surface area contributed by atoms with Gasteiger partial charge in [-0.1, -0.05) is 43.2 Å². The Kier molecular flexibility index (Phi) is 7.87. The molecule has 0 radical (unpaired) electrons. The SMILES string of the molecule is CCCCOc1ccc2c(Oc3ccc(OCCCO)cc3)c(-c3ccc(C)cc3)sc2c1. The Hall–Kier alpha value is -3.02. The van der Waals surface area contributed by atoms with Crippen LogP contribution >= 0.6 is 11.3 Å². The molecule has 1 N–H and O–H groups in total.